The Labute approximate surface area is 135 Å². The molecular weight excluding hydrogens is 320 g/mol. The van der Waals surface area contributed by atoms with Crippen LogP contribution in [0.2, 0.25) is 0 Å². The van der Waals surface area contributed by atoms with Crippen molar-refractivity contribution in [1.29, 1.82) is 0 Å². The molecule has 0 aliphatic rings. The van der Waals surface area contributed by atoms with Crippen LogP contribution in [0.4, 0.5) is 0 Å². The van der Waals surface area contributed by atoms with Crippen LogP contribution in [0.3, 0.4) is 0 Å². The van der Waals surface area contributed by atoms with Crippen LogP contribution in [0.1, 0.15) is 25.5 Å². The Bertz CT molecular complexity index is 711. The van der Waals surface area contributed by atoms with Crippen molar-refractivity contribution >= 4 is 21.4 Å². The van der Waals surface area contributed by atoms with Crippen LogP contribution < -0.4 is 4.74 Å². The fourth-order valence-corrected chi connectivity index (χ4v) is 5.39. The Morgan fingerprint density at radius 1 is 1.32 bits per heavy atom. The minimum Gasteiger partial charge on any atom is -0.494 e. The first-order valence-electron chi connectivity index (χ1n) is 6.89. The summed E-state index contributed by atoms with van der Waals surface area (Å²) in [6.45, 7) is 3.99. The molecule has 0 spiro atoms. The highest BCUT2D eigenvalue weighted by Gasteiger charge is 2.34. The lowest BCUT2D eigenvalue weighted by Crippen LogP contribution is -2.34. The maximum atomic E-state index is 12.9. The van der Waals surface area contributed by atoms with Gasteiger partial charge in [0, 0.05) is 19.4 Å². The van der Waals surface area contributed by atoms with Crippen LogP contribution in [0.15, 0.2) is 40.2 Å². The number of ether oxygens (including phenoxy) is 1. The fourth-order valence-electron chi connectivity index (χ4n) is 2.47. The lowest BCUT2D eigenvalue weighted by Gasteiger charge is -2.30. The molecule has 2 heterocycles. The first-order chi connectivity index (χ1) is 10.4. The maximum absolute atomic E-state index is 12.9. The molecule has 2 aromatic heterocycles. The van der Waals surface area contributed by atoms with Gasteiger partial charge in [-0.3, -0.25) is 4.98 Å². The van der Waals surface area contributed by atoms with Gasteiger partial charge in [0.05, 0.1) is 13.2 Å². The molecule has 0 saturated heterocycles. The van der Waals surface area contributed by atoms with Crippen molar-refractivity contribution in [3.05, 3.63) is 41.5 Å². The van der Waals surface area contributed by atoms with E-state index in [1.54, 1.807) is 30.9 Å². The van der Waals surface area contributed by atoms with Crippen molar-refractivity contribution in [2.45, 2.75) is 24.1 Å². The lowest BCUT2D eigenvalue weighted by molar-refractivity contribution is 0.299. The number of methoxy groups -OCH3 is 1. The molecule has 120 valence electrons. The van der Waals surface area contributed by atoms with E-state index in [0.29, 0.717) is 5.75 Å². The van der Waals surface area contributed by atoms with Crippen molar-refractivity contribution in [3.8, 4) is 5.75 Å². The first kappa shape index (κ1) is 16.9. The van der Waals surface area contributed by atoms with Crippen LogP contribution in [-0.2, 0) is 10.0 Å². The monoisotopic (exact) mass is 340 g/mol. The average molecular weight is 340 g/mol. The third-order valence-electron chi connectivity index (χ3n) is 3.48. The van der Waals surface area contributed by atoms with E-state index in [9.17, 15) is 8.42 Å². The molecule has 0 amide bonds. The van der Waals surface area contributed by atoms with E-state index in [1.165, 1.54) is 11.4 Å². The molecule has 5 nitrogen and oxygen atoms in total. The fraction of sp³-hybridized carbons (Fsp3) is 0.400. The summed E-state index contributed by atoms with van der Waals surface area (Å²) in [4.78, 5) is 4.11. The van der Waals surface area contributed by atoms with Gasteiger partial charge in [-0.2, -0.15) is 4.31 Å². The molecule has 0 aliphatic carbocycles. The third-order valence-corrected chi connectivity index (χ3v) is 6.74. The summed E-state index contributed by atoms with van der Waals surface area (Å²) in [6.07, 6.45) is 3.39. The molecule has 0 radical (unpaired) electrons. The second kappa shape index (κ2) is 6.76. The summed E-state index contributed by atoms with van der Waals surface area (Å²) in [5.41, 5.74) is 0.874. The van der Waals surface area contributed by atoms with Crippen molar-refractivity contribution in [2.24, 2.45) is 5.92 Å². The smallest absolute Gasteiger partial charge is 0.256 e. The Hall–Kier alpha value is -1.44. The minimum atomic E-state index is -3.63. The van der Waals surface area contributed by atoms with E-state index in [-0.39, 0.29) is 16.2 Å². The molecule has 0 aliphatic heterocycles. The van der Waals surface area contributed by atoms with Gasteiger partial charge in [0.2, 0.25) is 0 Å². The normalized spacial score (nSPS) is 13.5. The van der Waals surface area contributed by atoms with E-state index >= 15 is 0 Å². The zero-order chi connectivity index (χ0) is 16.3. The zero-order valence-corrected chi connectivity index (χ0v) is 14.7. The zero-order valence-electron chi connectivity index (χ0n) is 13.1. The Balaban J connectivity index is 2.45. The quantitative estimate of drug-likeness (QED) is 0.810. The molecule has 1 unspecified atom stereocenters. The lowest BCUT2D eigenvalue weighted by atomic mass is 9.98. The van der Waals surface area contributed by atoms with E-state index in [1.807, 2.05) is 26.0 Å². The number of sulfonamides is 1. The van der Waals surface area contributed by atoms with E-state index in [0.717, 1.165) is 16.9 Å². The van der Waals surface area contributed by atoms with Gasteiger partial charge in [0.15, 0.2) is 4.21 Å². The SMILES string of the molecule is COc1ccsc1S(=O)(=O)N(C)C(c1cccnc1)C(C)C. The van der Waals surface area contributed by atoms with E-state index < -0.39 is 10.0 Å². The molecule has 0 saturated carbocycles. The number of pyridine rings is 1. The van der Waals surface area contributed by atoms with Gasteiger partial charge in [-0.1, -0.05) is 19.9 Å². The summed E-state index contributed by atoms with van der Waals surface area (Å²) >= 11 is 1.16. The molecule has 0 N–H and O–H groups in total. The van der Waals surface area contributed by atoms with Crippen molar-refractivity contribution < 1.29 is 13.2 Å². The van der Waals surface area contributed by atoms with Crippen LogP contribution >= 0.6 is 11.3 Å². The number of nitrogens with zero attached hydrogens (tertiary/aromatic N) is 2. The van der Waals surface area contributed by atoms with Gasteiger partial charge < -0.3 is 4.74 Å². The summed E-state index contributed by atoms with van der Waals surface area (Å²) in [6, 6.07) is 5.09. The maximum Gasteiger partial charge on any atom is 0.256 e. The Morgan fingerprint density at radius 3 is 2.59 bits per heavy atom. The summed E-state index contributed by atoms with van der Waals surface area (Å²) in [5, 5.41) is 1.72. The molecule has 0 fully saturated rings. The van der Waals surface area contributed by atoms with Crippen LogP contribution in [0.25, 0.3) is 0 Å². The number of hydrogen-bond donors (Lipinski definition) is 0. The van der Waals surface area contributed by atoms with E-state index in [4.69, 9.17) is 4.74 Å². The van der Waals surface area contributed by atoms with Gasteiger partial charge in [0.25, 0.3) is 10.0 Å². The highest BCUT2D eigenvalue weighted by atomic mass is 32.2. The van der Waals surface area contributed by atoms with Gasteiger partial charge in [-0.25, -0.2) is 8.42 Å². The Morgan fingerprint density at radius 2 is 2.05 bits per heavy atom. The summed E-state index contributed by atoms with van der Waals surface area (Å²) in [7, 11) is -0.554. The van der Waals surface area contributed by atoms with Crippen LogP contribution in [-0.4, -0.2) is 31.9 Å². The van der Waals surface area contributed by atoms with Crippen molar-refractivity contribution in [2.75, 3.05) is 14.2 Å². The highest BCUT2D eigenvalue weighted by Crippen LogP contribution is 2.37. The molecule has 7 heteroatoms. The van der Waals surface area contributed by atoms with Gasteiger partial charge >= 0.3 is 0 Å². The molecule has 22 heavy (non-hydrogen) atoms. The predicted molar refractivity (Wildman–Crippen MR) is 87.6 cm³/mol. The predicted octanol–water partition coefficient (Wildman–Crippen LogP) is 3.17. The molecule has 1 atom stereocenters. The number of hydrogen-bond acceptors (Lipinski definition) is 5. The van der Waals surface area contributed by atoms with Crippen LogP contribution in [0.5, 0.6) is 5.75 Å². The van der Waals surface area contributed by atoms with Gasteiger partial charge in [-0.15, -0.1) is 11.3 Å². The van der Waals surface area contributed by atoms with Crippen molar-refractivity contribution in [1.82, 2.24) is 9.29 Å². The molecule has 2 aromatic rings. The van der Waals surface area contributed by atoms with E-state index in [2.05, 4.69) is 4.98 Å². The molecule has 0 aromatic carbocycles. The second-order valence-electron chi connectivity index (χ2n) is 5.27. The standard InChI is InChI=1S/C15H20N2O3S2/c1-11(2)14(12-6-5-8-16-10-12)17(3)22(18,19)15-13(20-4)7-9-21-15/h5-11,14H,1-4H3. The van der Waals surface area contributed by atoms with Crippen LogP contribution in [0, 0.1) is 5.92 Å². The van der Waals surface area contributed by atoms with Gasteiger partial charge in [0.1, 0.15) is 5.75 Å². The third kappa shape index (κ3) is 3.16. The van der Waals surface area contributed by atoms with Gasteiger partial charge in [-0.05, 0) is 29.0 Å². The second-order valence-corrected chi connectivity index (χ2v) is 8.38. The summed E-state index contributed by atoms with van der Waals surface area (Å²) < 4.78 is 32.7. The number of aromatic nitrogens is 1. The topological polar surface area (TPSA) is 59.5 Å². The molecule has 0 bridgehead atoms. The molecular formula is C15H20N2O3S2. The number of rotatable bonds is 6. The highest BCUT2D eigenvalue weighted by molar-refractivity contribution is 7.91. The minimum absolute atomic E-state index is 0.106. The Kier molecular flexibility index (Phi) is 5.20. The number of thiophene rings is 1. The first-order valence-corrected chi connectivity index (χ1v) is 9.21. The molecule has 2 rings (SSSR count). The summed E-state index contributed by atoms with van der Waals surface area (Å²) in [5.74, 6) is 0.487. The average Bonchev–Trinajstić information content (AvgIpc) is 2.97. The van der Waals surface area contributed by atoms with Crippen molar-refractivity contribution in [3.63, 3.8) is 0 Å². The largest absolute Gasteiger partial charge is 0.494 e.